The molecule has 0 aromatic heterocycles. The molecule has 0 unspecified atom stereocenters. The topological polar surface area (TPSA) is 81.7 Å². The van der Waals surface area contributed by atoms with Gasteiger partial charge in [-0.05, 0) is 99.2 Å². The van der Waals surface area contributed by atoms with Crippen LogP contribution in [0.15, 0.2) is 36.4 Å². The number of aryl methyl sites for hydroxylation is 1. The number of aliphatic hydroxyl groups is 1. The smallest absolute Gasteiger partial charge is 0.253 e. The molecule has 1 saturated carbocycles. The van der Waals surface area contributed by atoms with E-state index in [0.29, 0.717) is 35.7 Å². The van der Waals surface area contributed by atoms with Crippen LogP contribution in [0.3, 0.4) is 0 Å². The second-order valence-electron chi connectivity index (χ2n) is 11.4. The van der Waals surface area contributed by atoms with E-state index in [4.69, 9.17) is 0 Å². The van der Waals surface area contributed by atoms with Crippen molar-refractivity contribution in [3.8, 4) is 0 Å². The third-order valence-corrected chi connectivity index (χ3v) is 7.65. The molecule has 2 aromatic carbocycles. The largest absolute Gasteiger partial charge is 0.390 e. The zero-order chi connectivity index (χ0) is 29.2. The molecule has 6 nitrogen and oxygen atoms in total. The Morgan fingerprint density at radius 3 is 2.15 bits per heavy atom. The Balaban J connectivity index is 1.79. The minimum Gasteiger partial charge on any atom is -0.390 e. The first-order valence-corrected chi connectivity index (χ1v) is 14.7. The fourth-order valence-corrected chi connectivity index (χ4v) is 5.49. The maximum Gasteiger partial charge on any atom is 0.253 e. The average Bonchev–Trinajstić information content (AvgIpc) is 2.90. The number of nitrogens with one attached hydrogen (secondary N) is 2. The quantitative estimate of drug-likeness (QED) is 0.308. The lowest BCUT2D eigenvalue weighted by molar-refractivity contribution is 0.0755. The van der Waals surface area contributed by atoms with Crippen LogP contribution in [0.25, 0.3) is 0 Å². The number of halogens is 2. The van der Waals surface area contributed by atoms with Gasteiger partial charge in [0.2, 0.25) is 0 Å². The molecular weight excluding hydrogens is 512 g/mol. The van der Waals surface area contributed by atoms with Crippen LogP contribution < -0.4 is 10.6 Å². The number of hydrogen-bond donors (Lipinski definition) is 3. The van der Waals surface area contributed by atoms with Gasteiger partial charge in [0.25, 0.3) is 11.8 Å². The highest BCUT2D eigenvalue weighted by molar-refractivity contribution is 6.00. The van der Waals surface area contributed by atoms with Gasteiger partial charge in [0, 0.05) is 42.9 Å². The van der Waals surface area contributed by atoms with E-state index in [0.717, 1.165) is 50.2 Å². The third-order valence-electron chi connectivity index (χ3n) is 7.65. The Kier molecular flexibility index (Phi) is 12.1. The normalized spacial score (nSPS) is 18.7. The second-order valence-corrected chi connectivity index (χ2v) is 11.4. The monoisotopic (exact) mass is 557 g/mol. The summed E-state index contributed by atoms with van der Waals surface area (Å²) in [7, 11) is 0. The van der Waals surface area contributed by atoms with Crippen LogP contribution in [0.4, 0.5) is 8.78 Å². The fourth-order valence-electron chi connectivity index (χ4n) is 5.49. The van der Waals surface area contributed by atoms with Gasteiger partial charge >= 0.3 is 0 Å². The Morgan fingerprint density at radius 2 is 1.55 bits per heavy atom. The van der Waals surface area contributed by atoms with Crippen molar-refractivity contribution < 1.29 is 23.5 Å². The second kappa shape index (κ2) is 15.2. The maximum atomic E-state index is 13.9. The molecule has 1 aliphatic carbocycles. The molecule has 0 bridgehead atoms. The molecular formula is C32H45F2N3O3. The highest BCUT2D eigenvalue weighted by Crippen LogP contribution is 2.23. The third kappa shape index (κ3) is 9.37. The predicted octanol–water partition coefficient (Wildman–Crippen LogP) is 5.41. The zero-order valence-corrected chi connectivity index (χ0v) is 24.3. The number of nitrogens with zero attached hydrogens (tertiary/aromatic N) is 1. The number of hydrogen-bond acceptors (Lipinski definition) is 4. The first kappa shape index (κ1) is 31.7. The molecule has 1 aliphatic rings. The Morgan fingerprint density at radius 1 is 0.950 bits per heavy atom. The minimum atomic E-state index is -0.995. The van der Waals surface area contributed by atoms with Crippen LogP contribution in [0, 0.1) is 24.5 Å². The van der Waals surface area contributed by atoms with Gasteiger partial charge in [-0.2, -0.15) is 0 Å². The van der Waals surface area contributed by atoms with Gasteiger partial charge in [-0.15, -0.1) is 0 Å². The zero-order valence-electron chi connectivity index (χ0n) is 24.3. The van der Waals surface area contributed by atoms with Crippen molar-refractivity contribution in [3.63, 3.8) is 0 Å². The van der Waals surface area contributed by atoms with Gasteiger partial charge in [-0.1, -0.05) is 20.8 Å². The van der Waals surface area contributed by atoms with Crippen LogP contribution in [0.5, 0.6) is 0 Å². The summed E-state index contributed by atoms with van der Waals surface area (Å²) in [6, 6.07) is 7.75. The van der Waals surface area contributed by atoms with Crippen LogP contribution in [-0.4, -0.2) is 59.6 Å². The van der Waals surface area contributed by atoms with Crippen LogP contribution in [0.2, 0.25) is 0 Å². The van der Waals surface area contributed by atoms with Crippen molar-refractivity contribution in [1.29, 1.82) is 0 Å². The molecule has 3 N–H and O–H groups in total. The Labute approximate surface area is 237 Å². The molecule has 0 radical (unpaired) electrons. The number of rotatable bonds is 13. The van der Waals surface area contributed by atoms with E-state index in [9.17, 15) is 23.5 Å². The van der Waals surface area contributed by atoms with Crippen LogP contribution in [0.1, 0.15) is 91.1 Å². The molecule has 0 saturated heterocycles. The van der Waals surface area contributed by atoms with Crippen LogP contribution >= 0.6 is 0 Å². The number of amides is 2. The summed E-state index contributed by atoms with van der Waals surface area (Å²) in [5, 5.41) is 17.5. The summed E-state index contributed by atoms with van der Waals surface area (Å²) < 4.78 is 27.9. The molecule has 220 valence electrons. The summed E-state index contributed by atoms with van der Waals surface area (Å²) in [4.78, 5) is 28.5. The Bertz CT molecular complexity index is 1110. The number of carbonyl (C=O) groups excluding carboxylic acids is 2. The molecule has 2 aromatic rings. The van der Waals surface area contributed by atoms with Crippen molar-refractivity contribution in [2.24, 2.45) is 5.92 Å². The summed E-state index contributed by atoms with van der Waals surface area (Å²) in [5.41, 5.74) is 1.84. The molecule has 0 spiro atoms. The van der Waals surface area contributed by atoms with Gasteiger partial charge in [0.1, 0.15) is 11.6 Å². The molecule has 8 heteroatoms. The standard InChI is InChI=1S/C32H45F2N3O3/c1-5-11-37(12-6-2)32(40)25-14-22(4)13-24(18-25)31(39)36-29(17-23-15-26(33)19-27(34)16-23)30(38)20-35-28-9-7-21(3)8-10-28/h13-16,18-19,21,28-30,35,38H,5-12,17,20H2,1-4H3,(H,36,39)/t21?,28?,29-,30+/m0/s1. The minimum absolute atomic E-state index is 0.0450. The van der Waals surface area contributed by atoms with Gasteiger partial charge in [0.05, 0.1) is 12.1 Å². The van der Waals surface area contributed by atoms with Gasteiger partial charge in [-0.25, -0.2) is 8.78 Å². The average molecular weight is 558 g/mol. The van der Waals surface area contributed by atoms with Crippen molar-refractivity contribution in [2.45, 2.75) is 90.8 Å². The van der Waals surface area contributed by atoms with Crippen molar-refractivity contribution in [2.75, 3.05) is 19.6 Å². The SMILES string of the molecule is CCCN(CCC)C(=O)c1cc(C)cc(C(=O)N[C@@H](Cc2cc(F)cc(F)c2)[C@H](O)CNC2CCC(C)CC2)c1. The number of aliphatic hydroxyl groups excluding tert-OH is 1. The van der Waals surface area contributed by atoms with Gasteiger partial charge < -0.3 is 20.6 Å². The molecule has 40 heavy (non-hydrogen) atoms. The van der Waals surface area contributed by atoms with Gasteiger partial charge in [-0.3, -0.25) is 9.59 Å². The molecule has 0 heterocycles. The molecule has 1 fully saturated rings. The first-order chi connectivity index (χ1) is 19.1. The van der Waals surface area contributed by atoms with Crippen molar-refractivity contribution >= 4 is 11.8 Å². The van der Waals surface area contributed by atoms with E-state index in [1.165, 1.54) is 12.1 Å². The maximum absolute atomic E-state index is 13.9. The molecule has 2 atom stereocenters. The highest BCUT2D eigenvalue weighted by Gasteiger charge is 2.26. The number of carbonyl (C=O) groups is 2. The summed E-state index contributed by atoms with van der Waals surface area (Å²) in [6.45, 7) is 9.61. The van der Waals surface area contributed by atoms with E-state index in [2.05, 4.69) is 17.6 Å². The predicted molar refractivity (Wildman–Crippen MR) is 154 cm³/mol. The van der Waals surface area contributed by atoms with E-state index < -0.39 is 29.7 Å². The van der Waals surface area contributed by atoms with Crippen molar-refractivity contribution in [3.05, 3.63) is 70.3 Å². The lowest BCUT2D eigenvalue weighted by atomic mass is 9.87. The summed E-state index contributed by atoms with van der Waals surface area (Å²) in [6.07, 6.45) is 5.00. The van der Waals surface area contributed by atoms with Crippen LogP contribution in [-0.2, 0) is 6.42 Å². The van der Waals surface area contributed by atoms with Crippen molar-refractivity contribution in [1.82, 2.24) is 15.5 Å². The lowest BCUT2D eigenvalue weighted by Crippen LogP contribution is -2.50. The first-order valence-electron chi connectivity index (χ1n) is 14.7. The molecule has 0 aliphatic heterocycles. The Hall–Kier alpha value is -2.84. The summed E-state index contributed by atoms with van der Waals surface area (Å²) in [5.74, 6) is -1.31. The molecule has 3 rings (SSSR count). The highest BCUT2D eigenvalue weighted by atomic mass is 19.1. The number of benzene rings is 2. The molecule has 2 amide bonds. The van der Waals surface area contributed by atoms with E-state index in [-0.39, 0.29) is 24.9 Å². The lowest BCUT2D eigenvalue weighted by Gasteiger charge is -2.30. The van der Waals surface area contributed by atoms with Gasteiger partial charge in [0.15, 0.2) is 0 Å². The van der Waals surface area contributed by atoms with E-state index in [1.807, 2.05) is 20.8 Å². The van der Waals surface area contributed by atoms with E-state index in [1.54, 1.807) is 23.1 Å². The summed E-state index contributed by atoms with van der Waals surface area (Å²) >= 11 is 0. The van der Waals surface area contributed by atoms with E-state index >= 15 is 0 Å². The fraction of sp³-hybridized carbons (Fsp3) is 0.562.